The second-order valence-electron chi connectivity index (χ2n) is 3.51. The van der Waals surface area contributed by atoms with Crippen LogP contribution in [0.3, 0.4) is 0 Å². The summed E-state index contributed by atoms with van der Waals surface area (Å²) in [6.45, 7) is 0.490. The number of hydrogen-bond acceptors (Lipinski definition) is 3. The quantitative estimate of drug-likeness (QED) is 0.924. The van der Waals surface area contributed by atoms with Gasteiger partial charge in [-0.2, -0.15) is 0 Å². The summed E-state index contributed by atoms with van der Waals surface area (Å²) in [5.74, 6) is -0.0116. The summed E-state index contributed by atoms with van der Waals surface area (Å²) in [4.78, 5) is 15.7. The van der Waals surface area contributed by atoms with E-state index >= 15 is 0 Å². The average molecular weight is 267 g/mol. The molecule has 1 aromatic carbocycles. The second kappa shape index (κ2) is 5.80. The van der Waals surface area contributed by atoms with E-state index in [1.165, 1.54) is 11.3 Å². The molecule has 0 saturated carbocycles. The summed E-state index contributed by atoms with van der Waals surface area (Å²) in [7, 11) is 0. The van der Waals surface area contributed by atoms with E-state index in [1.807, 2.05) is 17.5 Å². The summed E-state index contributed by atoms with van der Waals surface area (Å²) in [6, 6.07) is 7.27. The number of carbonyl (C=O) groups is 1. The van der Waals surface area contributed by atoms with E-state index in [2.05, 4.69) is 10.3 Å². The van der Waals surface area contributed by atoms with Gasteiger partial charge >= 0.3 is 0 Å². The van der Waals surface area contributed by atoms with E-state index < -0.39 is 0 Å². The van der Waals surface area contributed by atoms with Crippen LogP contribution in [0, 0.1) is 0 Å². The Kier molecular flexibility index (Phi) is 4.12. The fourth-order valence-electron chi connectivity index (χ4n) is 1.36. The van der Waals surface area contributed by atoms with Crippen molar-refractivity contribution in [1.29, 1.82) is 0 Å². The maximum Gasteiger partial charge on any atom is 0.224 e. The summed E-state index contributed by atoms with van der Waals surface area (Å²) in [6.07, 6.45) is 2.09. The standard InChI is InChI=1S/C12H11ClN2OS/c13-10-3-1-9(2-4-10)7-11(16)15-8-12-14-5-6-17-12/h1-6H,7-8H2,(H,15,16). The molecule has 0 unspecified atom stereocenters. The molecule has 17 heavy (non-hydrogen) atoms. The Hall–Kier alpha value is -1.39. The van der Waals surface area contributed by atoms with E-state index in [1.54, 1.807) is 18.3 Å². The Labute approximate surface area is 108 Å². The van der Waals surface area contributed by atoms with Crippen LogP contribution in [0.5, 0.6) is 0 Å². The van der Waals surface area contributed by atoms with Crippen LogP contribution in [0.4, 0.5) is 0 Å². The minimum atomic E-state index is -0.0116. The molecule has 88 valence electrons. The lowest BCUT2D eigenvalue weighted by Gasteiger charge is -2.03. The first-order chi connectivity index (χ1) is 8.24. The maximum absolute atomic E-state index is 11.6. The molecule has 1 amide bonds. The van der Waals surface area contributed by atoms with Crippen molar-refractivity contribution < 1.29 is 4.79 Å². The van der Waals surface area contributed by atoms with Crippen molar-refractivity contribution in [3.05, 3.63) is 51.4 Å². The normalized spacial score (nSPS) is 10.2. The first kappa shape index (κ1) is 12.1. The van der Waals surface area contributed by atoms with Gasteiger partial charge < -0.3 is 5.32 Å². The molecule has 0 radical (unpaired) electrons. The van der Waals surface area contributed by atoms with Crippen LogP contribution in [0.1, 0.15) is 10.6 Å². The van der Waals surface area contributed by atoms with Gasteiger partial charge in [0.25, 0.3) is 0 Å². The van der Waals surface area contributed by atoms with Crippen molar-refractivity contribution in [3.8, 4) is 0 Å². The summed E-state index contributed by atoms with van der Waals surface area (Å²) in [5.41, 5.74) is 0.950. The van der Waals surface area contributed by atoms with Gasteiger partial charge in [0, 0.05) is 16.6 Å². The van der Waals surface area contributed by atoms with Crippen LogP contribution >= 0.6 is 22.9 Å². The zero-order valence-electron chi connectivity index (χ0n) is 9.02. The third kappa shape index (κ3) is 3.84. The first-order valence-corrected chi connectivity index (χ1v) is 6.39. The first-order valence-electron chi connectivity index (χ1n) is 5.13. The molecule has 0 fully saturated rings. The number of hydrogen-bond donors (Lipinski definition) is 1. The van der Waals surface area contributed by atoms with Gasteiger partial charge in [0.1, 0.15) is 5.01 Å². The predicted octanol–water partition coefficient (Wildman–Crippen LogP) is 2.66. The van der Waals surface area contributed by atoms with Gasteiger partial charge in [-0.1, -0.05) is 23.7 Å². The smallest absolute Gasteiger partial charge is 0.224 e. The fourth-order valence-corrected chi connectivity index (χ4v) is 2.05. The molecule has 0 atom stereocenters. The number of nitrogens with zero attached hydrogens (tertiary/aromatic N) is 1. The zero-order valence-corrected chi connectivity index (χ0v) is 10.6. The highest BCUT2D eigenvalue weighted by molar-refractivity contribution is 7.09. The lowest BCUT2D eigenvalue weighted by Crippen LogP contribution is -2.24. The van der Waals surface area contributed by atoms with Crippen molar-refractivity contribution >= 4 is 28.8 Å². The minimum absolute atomic E-state index is 0.0116. The molecule has 1 aromatic heterocycles. The van der Waals surface area contributed by atoms with Gasteiger partial charge in [0.2, 0.25) is 5.91 Å². The molecule has 1 heterocycles. The Balaban J connectivity index is 1.83. The third-order valence-electron chi connectivity index (χ3n) is 2.20. The number of thiazole rings is 1. The van der Waals surface area contributed by atoms with Crippen LogP contribution in [0.25, 0.3) is 0 Å². The second-order valence-corrected chi connectivity index (χ2v) is 4.92. The topological polar surface area (TPSA) is 42.0 Å². The maximum atomic E-state index is 11.6. The number of aromatic nitrogens is 1. The largest absolute Gasteiger partial charge is 0.349 e. The molecule has 0 aliphatic heterocycles. The number of nitrogens with one attached hydrogen (secondary N) is 1. The predicted molar refractivity (Wildman–Crippen MR) is 69.1 cm³/mol. The summed E-state index contributed by atoms with van der Waals surface area (Å²) >= 11 is 7.30. The average Bonchev–Trinajstić information content (AvgIpc) is 2.83. The molecule has 3 nitrogen and oxygen atoms in total. The van der Waals surface area contributed by atoms with Gasteiger partial charge in [-0.3, -0.25) is 4.79 Å². The number of amides is 1. The van der Waals surface area contributed by atoms with Crippen molar-refractivity contribution in [2.75, 3.05) is 0 Å². The molecular formula is C12H11ClN2OS. The Morgan fingerprint density at radius 3 is 2.76 bits per heavy atom. The molecule has 0 saturated heterocycles. The molecule has 5 heteroatoms. The van der Waals surface area contributed by atoms with Crippen LogP contribution in [-0.2, 0) is 17.8 Å². The molecule has 1 N–H and O–H groups in total. The van der Waals surface area contributed by atoms with Crippen molar-refractivity contribution in [2.24, 2.45) is 0 Å². The van der Waals surface area contributed by atoms with Crippen LogP contribution < -0.4 is 5.32 Å². The van der Waals surface area contributed by atoms with Crippen LogP contribution in [-0.4, -0.2) is 10.9 Å². The monoisotopic (exact) mass is 266 g/mol. The minimum Gasteiger partial charge on any atom is -0.349 e. The van der Waals surface area contributed by atoms with Gasteiger partial charge in [0.05, 0.1) is 13.0 Å². The summed E-state index contributed by atoms with van der Waals surface area (Å²) in [5, 5.41) is 6.30. The number of carbonyl (C=O) groups excluding carboxylic acids is 1. The highest BCUT2D eigenvalue weighted by Crippen LogP contribution is 2.10. The highest BCUT2D eigenvalue weighted by Gasteiger charge is 2.04. The number of halogens is 1. The molecule has 0 spiro atoms. The Bertz CT molecular complexity index is 482. The summed E-state index contributed by atoms with van der Waals surface area (Å²) < 4.78 is 0. The SMILES string of the molecule is O=C(Cc1ccc(Cl)cc1)NCc1nccs1. The zero-order chi connectivity index (χ0) is 12.1. The lowest BCUT2D eigenvalue weighted by atomic mass is 10.1. The molecule has 0 bridgehead atoms. The van der Waals surface area contributed by atoms with Gasteiger partial charge in [-0.25, -0.2) is 4.98 Å². The molecular weight excluding hydrogens is 256 g/mol. The lowest BCUT2D eigenvalue weighted by molar-refractivity contribution is -0.120. The Morgan fingerprint density at radius 2 is 2.12 bits per heavy atom. The molecule has 2 rings (SSSR count). The van der Waals surface area contributed by atoms with Crippen molar-refractivity contribution in [2.45, 2.75) is 13.0 Å². The fraction of sp³-hybridized carbons (Fsp3) is 0.167. The number of rotatable bonds is 4. The van der Waals surface area contributed by atoms with Crippen LogP contribution in [0.2, 0.25) is 5.02 Å². The molecule has 2 aromatic rings. The van der Waals surface area contributed by atoms with E-state index in [9.17, 15) is 4.79 Å². The van der Waals surface area contributed by atoms with E-state index in [0.717, 1.165) is 10.6 Å². The molecule has 0 aliphatic rings. The van der Waals surface area contributed by atoms with Gasteiger partial charge in [0.15, 0.2) is 0 Å². The van der Waals surface area contributed by atoms with E-state index in [4.69, 9.17) is 11.6 Å². The van der Waals surface area contributed by atoms with Gasteiger partial charge in [-0.05, 0) is 17.7 Å². The van der Waals surface area contributed by atoms with E-state index in [-0.39, 0.29) is 5.91 Å². The third-order valence-corrected chi connectivity index (χ3v) is 3.23. The Morgan fingerprint density at radius 1 is 1.35 bits per heavy atom. The van der Waals surface area contributed by atoms with E-state index in [0.29, 0.717) is 18.0 Å². The van der Waals surface area contributed by atoms with Crippen molar-refractivity contribution in [3.63, 3.8) is 0 Å². The highest BCUT2D eigenvalue weighted by atomic mass is 35.5. The van der Waals surface area contributed by atoms with Gasteiger partial charge in [-0.15, -0.1) is 11.3 Å². The molecule has 0 aliphatic carbocycles. The number of benzene rings is 1. The van der Waals surface area contributed by atoms with Crippen LogP contribution in [0.15, 0.2) is 35.8 Å². The van der Waals surface area contributed by atoms with Crippen molar-refractivity contribution in [1.82, 2.24) is 10.3 Å².